The molecule has 2 amide bonds. The lowest BCUT2D eigenvalue weighted by Crippen LogP contribution is -2.51. The van der Waals surface area contributed by atoms with Crippen LogP contribution in [0.15, 0.2) is 30.3 Å². The molecule has 0 radical (unpaired) electrons. The van der Waals surface area contributed by atoms with Gasteiger partial charge in [0.2, 0.25) is 0 Å². The fourth-order valence-electron chi connectivity index (χ4n) is 2.68. The third kappa shape index (κ3) is 11.0. The molecule has 182 valence electrons. The van der Waals surface area contributed by atoms with Crippen LogP contribution in [0.1, 0.15) is 38.2 Å². The largest absolute Gasteiger partial charge is 0.469 e. The highest BCUT2D eigenvalue weighted by molar-refractivity contribution is 5.87. The zero-order valence-electron chi connectivity index (χ0n) is 19.0. The van der Waals surface area contributed by atoms with Gasteiger partial charge in [-0.25, -0.2) is 14.4 Å². The summed E-state index contributed by atoms with van der Waals surface area (Å²) in [7, 11) is 2.33. The van der Waals surface area contributed by atoms with Gasteiger partial charge in [0, 0.05) is 12.8 Å². The second kappa shape index (κ2) is 15.2. The summed E-state index contributed by atoms with van der Waals surface area (Å²) in [6.45, 7) is 1.75. The molecule has 0 aliphatic heterocycles. The van der Waals surface area contributed by atoms with Crippen LogP contribution in [0, 0.1) is 0 Å². The highest BCUT2D eigenvalue weighted by Gasteiger charge is 2.27. The minimum Gasteiger partial charge on any atom is -0.469 e. The van der Waals surface area contributed by atoms with Crippen LogP contribution >= 0.6 is 0 Å². The molecule has 0 saturated carbocycles. The number of nitrogens with one attached hydrogen (secondary N) is 2. The fourth-order valence-corrected chi connectivity index (χ4v) is 2.68. The highest BCUT2D eigenvalue weighted by Crippen LogP contribution is 2.07. The van der Waals surface area contributed by atoms with Crippen molar-refractivity contribution in [3.8, 4) is 0 Å². The predicted octanol–water partition coefficient (Wildman–Crippen LogP) is 1.24. The smallest absolute Gasteiger partial charge is 0.328 e. The third-order valence-corrected chi connectivity index (χ3v) is 4.41. The molecular weight excluding hydrogens is 436 g/mol. The maximum absolute atomic E-state index is 12.4. The number of methoxy groups -OCH3 is 2. The summed E-state index contributed by atoms with van der Waals surface area (Å²) < 4.78 is 19.3. The average Bonchev–Trinajstić information content (AvgIpc) is 2.82. The molecule has 2 unspecified atom stereocenters. The normalized spacial score (nSPS) is 12.0. The minimum atomic E-state index is -1.16. The van der Waals surface area contributed by atoms with Crippen molar-refractivity contribution >= 4 is 29.9 Å². The molecule has 0 heterocycles. The molecule has 0 fully saturated rings. The Labute approximate surface area is 192 Å². The number of amides is 2. The highest BCUT2D eigenvalue weighted by atomic mass is 16.5. The van der Waals surface area contributed by atoms with Gasteiger partial charge in [-0.2, -0.15) is 0 Å². The molecule has 33 heavy (non-hydrogen) atoms. The lowest BCUT2D eigenvalue weighted by Gasteiger charge is -2.20. The molecular formula is C22H30N2O9. The van der Waals surface area contributed by atoms with E-state index in [1.807, 2.05) is 18.2 Å². The van der Waals surface area contributed by atoms with E-state index in [4.69, 9.17) is 9.47 Å². The summed E-state index contributed by atoms with van der Waals surface area (Å²) in [4.78, 5) is 59.9. The number of hydrogen-bond donors (Lipinski definition) is 2. The number of hydrogen-bond acceptors (Lipinski definition) is 9. The van der Waals surface area contributed by atoms with Gasteiger partial charge < -0.3 is 29.6 Å². The summed E-state index contributed by atoms with van der Waals surface area (Å²) in [5.74, 6) is -2.63. The first-order valence-electron chi connectivity index (χ1n) is 10.4. The summed E-state index contributed by atoms with van der Waals surface area (Å²) in [5.41, 5.74) is 0.811. The zero-order chi connectivity index (χ0) is 24.6. The Hall–Kier alpha value is -3.63. The van der Waals surface area contributed by atoms with Crippen molar-refractivity contribution in [2.75, 3.05) is 20.8 Å². The van der Waals surface area contributed by atoms with E-state index >= 15 is 0 Å². The molecule has 2 atom stereocenters. The van der Waals surface area contributed by atoms with Crippen LogP contribution in [-0.2, 0) is 44.7 Å². The zero-order valence-corrected chi connectivity index (χ0v) is 19.0. The lowest BCUT2D eigenvalue weighted by atomic mass is 10.1. The Bertz CT molecular complexity index is 798. The van der Waals surface area contributed by atoms with Crippen molar-refractivity contribution in [2.24, 2.45) is 0 Å². The van der Waals surface area contributed by atoms with Crippen LogP contribution in [0.2, 0.25) is 0 Å². The quantitative estimate of drug-likeness (QED) is 0.324. The van der Waals surface area contributed by atoms with Crippen molar-refractivity contribution in [3.63, 3.8) is 0 Å². The van der Waals surface area contributed by atoms with Gasteiger partial charge in [0.1, 0.15) is 18.7 Å². The number of benzene rings is 1. The van der Waals surface area contributed by atoms with Gasteiger partial charge in [-0.3, -0.25) is 9.59 Å². The molecule has 1 rings (SSSR count). The molecule has 11 nitrogen and oxygen atoms in total. The monoisotopic (exact) mass is 466 g/mol. The summed E-state index contributed by atoms with van der Waals surface area (Å²) in [6.07, 6.45) is -0.432. The standard InChI is InChI=1S/C22H30N2O9/c1-4-32-21(28)17(11-13-19(26)33-14-15-8-6-5-7-9-15)24-22(29)23-16(20(27)31-3)10-12-18(25)30-2/h5-9,16-17H,4,10-14H2,1-3H3,(H2,23,24,29). The summed E-state index contributed by atoms with van der Waals surface area (Å²) in [5, 5.41) is 4.74. The Kier molecular flexibility index (Phi) is 12.6. The Morgan fingerprint density at radius 1 is 0.788 bits per heavy atom. The third-order valence-electron chi connectivity index (χ3n) is 4.41. The Morgan fingerprint density at radius 2 is 1.36 bits per heavy atom. The first-order valence-corrected chi connectivity index (χ1v) is 10.4. The Balaban J connectivity index is 2.66. The van der Waals surface area contributed by atoms with E-state index in [9.17, 15) is 24.0 Å². The average molecular weight is 466 g/mol. The van der Waals surface area contributed by atoms with Gasteiger partial charge in [-0.15, -0.1) is 0 Å². The fraction of sp³-hybridized carbons (Fsp3) is 0.500. The maximum atomic E-state index is 12.4. The van der Waals surface area contributed by atoms with Gasteiger partial charge in [-0.05, 0) is 25.3 Å². The van der Waals surface area contributed by atoms with Crippen LogP contribution in [0.3, 0.4) is 0 Å². The van der Waals surface area contributed by atoms with E-state index in [1.54, 1.807) is 19.1 Å². The lowest BCUT2D eigenvalue weighted by molar-refractivity contribution is -0.148. The second-order valence-electron chi connectivity index (χ2n) is 6.80. The van der Waals surface area contributed by atoms with Crippen LogP contribution in [0.5, 0.6) is 0 Å². The van der Waals surface area contributed by atoms with E-state index < -0.39 is 42.0 Å². The molecule has 0 aliphatic rings. The van der Waals surface area contributed by atoms with Gasteiger partial charge >= 0.3 is 29.9 Å². The minimum absolute atomic E-state index is 0.0668. The molecule has 0 spiro atoms. The number of carbonyl (C=O) groups excluding carboxylic acids is 5. The van der Waals surface area contributed by atoms with Gasteiger partial charge in [-0.1, -0.05) is 30.3 Å². The molecule has 0 saturated heterocycles. The molecule has 2 N–H and O–H groups in total. The van der Waals surface area contributed by atoms with Gasteiger partial charge in [0.25, 0.3) is 0 Å². The van der Waals surface area contributed by atoms with Gasteiger partial charge in [0.05, 0.1) is 20.8 Å². The van der Waals surface area contributed by atoms with E-state index in [1.165, 1.54) is 7.11 Å². The van der Waals surface area contributed by atoms with E-state index in [0.717, 1.165) is 12.7 Å². The first kappa shape index (κ1) is 27.4. The maximum Gasteiger partial charge on any atom is 0.328 e. The predicted molar refractivity (Wildman–Crippen MR) is 115 cm³/mol. The summed E-state index contributed by atoms with van der Waals surface area (Å²) >= 11 is 0. The number of carbonyl (C=O) groups is 5. The van der Waals surface area contributed by atoms with Crippen LogP contribution in [-0.4, -0.2) is 62.8 Å². The van der Waals surface area contributed by atoms with Crippen molar-refractivity contribution in [1.82, 2.24) is 10.6 Å². The topological polar surface area (TPSA) is 146 Å². The van der Waals surface area contributed by atoms with E-state index in [0.29, 0.717) is 0 Å². The SMILES string of the molecule is CCOC(=O)C(CCC(=O)OCc1ccccc1)NC(=O)NC(CCC(=O)OC)C(=O)OC. The number of ether oxygens (including phenoxy) is 4. The van der Waals surface area contributed by atoms with E-state index in [-0.39, 0.29) is 38.9 Å². The Morgan fingerprint density at radius 3 is 1.91 bits per heavy atom. The van der Waals surface area contributed by atoms with Crippen LogP contribution < -0.4 is 10.6 Å². The van der Waals surface area contributed by atoms with Crippen LogP contribution in [0.25, 0.3) is 0 Å². The second-order valence-corrected chi connectivity index (χ2v) is 6.80. The first-order chi connectivity index (χ1) is 15.8. The molecule has 1 aromatic rings. The molecule has 11 heteroatoms. The van der Waals surface area contributed by atoms with Crippen LogP contribution in [0.4, 0.5) is 4.79 Å². The molecule has 0 aromatic heterocycles. The van der Waals surface area contributed by atoms with Crippen molar-refractivity contribution in [3.05, 3.63) is 35.9 Å². The number of urea groups is 1. The molecule has 1 aromatic carbocycles. The van der Waals surface area contributed by atoms with Crippen molar-refractivity contribution in [1.29, 1.82) is 0 Å². The van der Waals surface area contributed by atoms with E-state index in [2.05, 4.69) is 20.1 Å². The molecule has 0 bridgehead atoms. The summed E-state index contributed by atoms with van der Waals surface area (Å²) in [6, 6.07) is 5.90. The van der Waals surface area contributed by atoms with Crippen molar-refractivity contribution < 1.29 is 42.9 Å². The van der Waals surface area contributed by atoms with Gasteiger partial charge in [0.15, 0.2) is 0 Å². The number of esters is 4. The number of rotatable bonds is 13. The molecule has 0 aliphatic carbocycles. The van der Waals surface area contributed by atoms with Crippen molar-refractivity contribution in [2.45, 2.75) is 51.3 Å².